The van der Waals surface area contributed by atoms with Gasteiger partial charge in [-0.1, -0.05) is 0 Å². The molecular formula is C16H23N5O3. The minimum atomic E-state index is -0.424. The van der Waals surface area contributed by atoms with Gasteiger partial charge in [0.05, 0.1) is 12.1 Å². The van der Waals surface area contributed by atoms with Gasteiger partial charge in [0.2, 0.25) is 0 Å². The van der Waals surface area contributed by atoms with Crippen molar-refractivity contribution >= 4 is 11.6 Å². The maximum Gasteiger partial charge on any atom is 0.285 e. The molecule has 1 aliphatic rings. The van der Waals surface area contributed by atoms with Gasteiger partial charge in [-0.25, -0.2) is 9.50 Å². The van der Waals surface area contributed by atoms with Crippen LogP contribution < -0.4 is 10.9 Å². The molecular weight excluding hydrogens is 310 g/mol. The summed E-state index contributed by atoms with van der Waals surface area (Å²) in [4.78, 5) is 31.4. The molecule has 8 heteroatoms. The molecule has 0 unspecified atom stereocenters. The van der Waals surface area contributed by atoms with E-state index in [9.17, 15) is 9.59 Å². The Morgan fingerprint density at radius 1 is 1.46 bits per heavy atom. The van der Waals surface area contributed by atoms with Crippen LogP contribution in [0.2, 0.25) is 0 Å². The summed E-state index contributed by atoms with van der Waals surface area (Å²) >= 11 is 0. The fourth-order valence-corrected chi connectivity index (χ4v) is 3.08. The number of H-pyrrole nitrogens is 1. The molecule has 1 aliphatic heterocycles. The molecule has 2 aromatic rings. The first kappa shape index (κ1) is 16.7. The maximum absolute atomic E-state index is 12.6. The van der Waals surface area contributed by atoms with Gasteiger partial charge in [0.25, 0.3) is 11.5 Å². The van der Waals surface area contributed by atoms with Gasteiger partial charge in [-0.05, 0) is 20.8 Å². The lowest BCUT2D eigenvalue weighted by Crippen LogP contribution is -2.45. The van der Waals surface area contributed by atoms with Crippen molar-refractivity contribution in [3.63, 3.8) is 0 Å². The highest BCUT2D eigenvalue weighted by Crippen LogP contribution is 2.16. The second-order valence-electron chi connectivity index (χ2n) is 6.51. The molecule has 3 rings (SSSR count). The summed E-state index contributed by atoms with van der Waals surface area (Å²) < 4.78 is 6.77. The zero-order chi connectivity index (χ0) is 17.4. The molecule has 2 aromatic heterocycles. The average molecular weight is 333 g/mol. The van der Waals surface area contributed by atoms with Crippen LogP contribution in [0.3, 0.4) is 0 Å². The summed E-state index contributed by atoms with van der Waals surface area (Å²) in [5.41, 5.74) is 0.918. The van der Waals surface area contributed by atoms with Gasteiger partial charge in [-0.2, -0.15) is 0 Å². The number of hydrogen-bond donors (Lipinski definition) is 2. The lowest BCUT2D eigenvalue weighted by atomic mass is 10.2. The smallest absolute Gasteiger partial charge is 0.285 e. The predicted molar refractivity (Wildman–Crippen MR) is 89.3 cm³/mol. The van der Waals surface area contributed by atoms with Crippen LogP contribution in [0.5, 0.6) is 0 Å². The van der Waals surface area contributed by atoms with E-state index in [-0.39, 0.29) is 17.7 Å². The second kappa shape index (κ2) is 6.37. The zero-order valence-corrected chi connectivity index (χ0v) is 14.4. The van der Waals surface area contributed by atoms with Crippen molar-refractivity contribution in [2.75, 3.05) is 20.2 Å². The standard InChI is InChI=1S/C16H23N5O3/c1-9(2)20-7-12(13(8-20)24-4)18-15(22)11-6-17-14-5-10(3)19-21(14)16(11)23/h5-6,9,12-13,19H,7-8H2,1-4H3,(H,18,22)/t12-,13-/m1/s1. The Morgan fingerprint density at radius 2 is 2.21 bits per heavy atom. The Hall–Kier alpha value is -2.19. The van der Waals surface area contributed by atoms with E-state index in [0.29, 0.717) is 18.2 Å². The van der Waals surface area contributed by atoms with E-state index in [4.69, 9.17) is 4.74 Å². The number of aromatic amines is 1. The number of fused-ring (bicyclic) bond motifs is 1. The number of aromatic nitrogens is 3. The van der Waals surface area contributed by atoms with Crippen molar-refractivity contribution in [3.8, 4) is 0 Å². The van der Waals surface area contributed by atoms with Crippen LogP contribution >= 0.6 is 0 Å². The highest BCUT2D eigenvalue weighted by Gasteiger charge is 2.35. The first-order valence-corrected chi connectivity index (χ1v) is 8.05. The van der Waals surface area contributed by atoms with Crippen molar-refractivity contribution in [1.29, 1.82) is 0 Å². The SMILES string of the molecule is CO[C@@H]1CN(C(C)C)C[C@H]1NC(=O)c1cnc2cc(C)[nH]n2c1=O. The van der Waals surface area contributed by atoms with Crippen molar-refractivity contribution < 1.29 is 9.53 Å². The summed E-state index contributed by atoms with van der Waals surface area (Å²) in [5.74, 6) is -0.424. The highest BCUT2D eigenvalue weighted by atomic mass is 16.5. The Bertz CT molecular complexity index is 810. The normalized spacial score (nSPS) is 21.7. The molecule has 3 heterocycles. The predicted octanol–water partition coefficient (Wildman–Crippen LogP) is 0.168. The monoisotopic (exact) mass is 333 g/mol. The molecule has 0 saturated carbocycles. The van der Waals surface area contributed by atoms with E-state index >= 15 is 0 Å². The highest BCUT2D eigenvalue weighted by molar-refractivity contribution is 5.94. The van der Waals surface area contributed by atoms with Crippen LogP contribution in [-0.4, -0.2) is 63.8 Å². The third-order valence-corrected chi connectivity index (χ3v) is 4.51. The molecule has 1 saturated heterocycles. The molecule has 2 atom stereocenters. The van der Waals surface area contributed by atoms with Crippen LogP contribution in [0.4, 0.5) is 0 Å². The topological polar surface area (TPSA) is 91.7 Å². The van der Waals surface area contributed by atoms with E-state index in [1.165, 1.54) is 10.7 Å². The van der Waals surface area contributed by atoms with Gasteiger partial charge in [-0.15, -0.1) is 0 Å². The lowest BCUT2D eigenvalue weighted by Gasteiger charge is -2.19. The van der Waals surface area contributed by atoms with E-state index in [2.05, 4.69) is 34.1 Å². The van der Waals surface area contributed by atoms with Gasteiger partial charge in [-0.3, -0.25) is 19.6 Å². The van der Waals surface area contributed by atoms with Gasteiger partial charge in [0, 0.05) is 44.2 Å². The van der Waals surface area contributed by atoms with Crippen LogP contribution in [0.25, 0.3) is 5.65 Å². The van der Waals surface area contributed by atoms with Crippen LogP contribution in [-0.2, 0) is 4.74 Å². The third-order valence-electron chi connectivity index (χ3n) is 4.51. The van der Waals surface area contributed by atoms with Gasteiger partial charge in [0.1, 0.15) is 5.56 Å². The molecule has 2 N–H and O–H groups in total. The van der Waals surface area contributed by atoms with Crippen molar-refractivity contribution in [2.24, 2.45) is 0 Å². The number of nitrogens with zero attached hydrogens (tertiary/aromatic N) is 3. The van der Waals surface area contributed by atoms with Gasteiger partial charge < -0.3 is 10.1 Å². The van der Waals surface area contributed by atoms with E-state index in [1.54, 1.807) is 13.2 Å². The number of carbonyl (C=O) groups is 1. The summed E-state index contributed by atoms with van der Waals surface area (Å²) in [6.07, 6.45) is 1.24. The fourth-order valence-electron chi connectivity index (χ4n) is 3.08. The summed E-state index contributed by atoms with van der Waals surface area (Å²) in [5, 5.41) is 5.81. The first-order valence-electron chi connectivity index (χ1n) is 8.05. The van der Waals surface area contributed by atoms with E-state index in [1.807, 2.05) is 6.92 Å². The summed E-state index contributed by atoms with van der Waals surface area (Å²) in [6.45, 7) is 7.49. The minimum Gasteiger partial charge on any atom is -0.378 e. The molecule has 1 amide bonds. The molecule has 0 bridgehead atoms. The molecule has 0 aliphatic carbocycles. The number of aryl methyl sites for hydroxylation is 1. The molecule has 130 valence electrons. The van der Waals surface area contributed by atoms with Crippen molar-refractivity contribution in [1.82, 2.24) is 24.8 Å². The van der Waals surface area contributed by atoms with Crippen molar-refractivity contribution in [2.45, 2.75) is 39.0 Å². The minimum absolute atomic E-state index is 0.0206. The second-order valence-corrected chi connectivity index (χ2v) is 6.51. The number of hydrogen-bond acceptors (Lipinski definition) is 5. The average Bonchev–Trinajstić information content (AvgIpc) is 3.10. The number of rotatable bonds is 4. The molecule has 0 radical (unpaired) electrons. The number of carbonyl (C=O) groups excluding carboxylic acids is 1. The zero-order valence-electron chi connectivity index (χ0n) is 14.4. The first-order chi connectivity index (χ1) is 11.4. The number of ether oxygens (including phenoxy) is 1. The molecule has 0 spiro atoms. The Kier molecular flexibility index (Phi) is 4.42. The Balaban J connectivity index is 1.82. The summed E-state index contributed by atoms with van der Waals surface area (Å²) in [7, 11) is 1.64. The van der Waals surface area contributed by atoms with Gasteiger partial charge >= 0.3 is 0 Å². The van der Waals surface area contributed by atoms with Crippen LogP contribution in [0.1, 0.15) is 29.9 Å². The number of nitrogens with one attached hydrogen (secondary N) is 2. The number of amides is 1. The van der Waals surface area contributed by atoms with E-state index < -0.39 is 11.5 Å². The quantitative estimate of drug-likeness (QED) is 0.832. The lowest BCUT2D eigenvalue weighted by molar-refractivity contribution is 0.0752. The molecule has 8 nitrogen and oxygen atoms in total. The molecule has 24 heavy (non-hydrogen) atoms. The number of likely N-dealkylation sites (tertiary alicyclic amines) is 1. The van der Waals surface area contributed by atoms with Crippen LogP contribution in [0.15, 0.2) is 17.1 Å². The Morgan fingerprint density at radius 3 is 2.88 bits per heavy atom. The molecule has 1 fully saturated rings. The van der Waals surface area contributed by atoms with E-state index in [0.717, 1.165) is 12.2 Å². The van der Waals surface area contributed by atoms with Crippen molar-refractivity contribution in [3.05, 3.63) is 33.9 Å². The fraction of sp³-hybridized carbons (Fsp3) is 0.562. The maximum atomic E-state index is 12.6. The summed E-state index contributed by atoms with van der Waals surface area (Å²) in [6, 6.07) is 1.96. The third kappa shape index (κ3) is 2.94. The largest absolute Gasteiger partial charge is 0.378 e. The number of methoxy groups -OCH3 is 1. The Labute approximate surface area is 139 Å². The van der Waals surface area contributed by atoms with Crippen LogP contribution in [0, 0.1) is 6.92 Å². The van der Waals surface area contributed by atoms with Gasteiger partial charge in [0.15, 0.2) is 5.65 Å². The molecule has 0 aromatic carbocycles.